The lowest BCUT2D eigenvalue weighted by Gasteiger charge is -2.15. The number of rotatable bonds is 6. The van der Waals surface area contributed by atoms with Crippen LogP contribution in [0.15, 0.2) is 30.3 Å². The van der Waals surface area contributed by atoms with Gasteiger partial charge in [0.05, 0.1) is 7.14 Å². The summed E-state index contributed by atoms with van der Waals surface area (Å²) in [5.41, 5.74) is 1.01. The number of hydrogen-bond acceptors (Lipinski definition) is 4. The zero-order chi connectivity index (χ0) is 18.8. The maximum Gasteiger partial charge on any atom is 0.362 e. The Kier molecular flexibility index (Phi) is 7.00. The normalized spacial score (nSPS) is 11.6. The smallest absolute Gasteiger partial charge is 0.362 e. The molecule has 2 aromatic rings. The molecule has 0 aliphatic carbocycles. The second-order valence-electron chi connectivity index (χ2n) is 5.64. The molecular formula is C16H17I2O6P. The minimum Gasteiger partial charge on any atom is -0.504 e. The van der Waals surface area contributed by atoms with Gasteiger partial charge in [0.25, 0.3) is 0 Å². The van der Waals surface area contributed by atoms with Gasteiger partial charge in [-0.2, -0.15) is 0 Å². The second kappa shape index (κ2) is 8.43. The maximum atomic E-state index is 10.9. The van der Waals surface area contributed by atoms with Gasteiger partial charge < -0.3 is 24.4 Å². The predicted molar refractivity (Wildman–Crippen MR) is 112 cm³/mol. The van der Waals surface area contributed by atoms with Crippen molar-refractivity contribution < 1.29 is 28.9 Å². The van der Waals surface area contributed by atoms with E-state index in [1.54, 1.807) is 24.3 Å². The summed E-state index contributed by atoms with van der Waals surface area (Å²) in [7, 11) is -4.24. The molecule has 0 amide bonds. The Bertz CT molecular complexity index is 795. The van der Waals surface area contributed by atoms with E-state index in [0.29, 0.717) is 30.3 Å². The number of hydrogen-bond donors (Lipinski definition) is 3. The fourth-order valence-electron chi connectivity index (χ4n) is 1.97. The number of ether oxygens (including phenoxy) is 2. The van der Waals surface area contributed by atoms with Crippen LogP contribution >= 0.6 is 52.8 Å². The van der Waals surface area contributed by atoms with Gasteiger partial charge >= 0.3 is 7.60 Å². The van der Waals surface area contributed by atoms with Crippen LogP contribution in [0.2, 0.25) is 0 Å². The molecule has 0 unspecified atom stereocenters. The first-order valence-electron chi connectivity index (χ1n) is 7.24. The van der Waals surface area contributed by atoms with E-state index in [4.69, 9.17) is 19.3 Å². The van der Waals surface area contributed by atoms with Crippen molar-refractivity contribution in [3.05, 3.63) is 43.0 Å². The Morgan fingerprint density at radius 3 is 2.20 bits per heavy atom. The highest BCUT2D eigenvalue weighted by Crippen LogP contribution is 2.40. The Balaban J connectivity index is 2.24. The van der Waals surface area contributed by atoms with Crippen LogP contribution in [0, 0.1) is 7.14 Å². The van der Waals surface area contributed by atoms with E-state index in [0.717, 1.165) is 5.56 Å². The Hall–Kier alpha value is -0.550. The molecule has 0 fully saturated rings. The summed E-state index contributed by atoms with van der Waals surface area (Å²) in [5.74, 6) is 1.57. The first-order chi connectivity index (χ1) is 11.6. The third-order valence-corrected chi connectivity index (χ3v) is 5.30. The molecule has 0 aromatic heterocycles. The highest BCUT2D eigenvalue weighted by molar-refractivity contribution is 14.1. The van der Waals surface area contributed by atoms with Crippen molar-refractivity contribution in [2.24, 2.45) is 0 Å². The summed E-state index contributed by atoms with van der Waals surface area (Å²) >= 11 is 4.09. The minimum atomic E-state index is -4.24. The Morgan fingerprint density at radius 2 is 1.72 bits per heavy atom. The summed E-state index contributed by atoms with van der Waals surface area (Å²) in [6.45, 7) is 4.08. The van der Waals surface area contributed by atoms with E-state index in [-0.39, 0.29) is 5.75 Å². The second-order valence-corrected chi connectivity index (χ2v) is 9.55. The van der Waals surface area contributed by atoms with E-state index in [1.807, 2.05) is 65.1 Å². The van der Waals surface area contributed by atoms with Gasteiger partial charge in [-0.3, -0.25) is 4.57 Å². The maximum absolute atomic E-state index is 10.9. The standard InChI is InChI=1S/C16H17I2O6P/c1-9(2)10-3-4-15(14(19)5-10)24-16-12(17)6-11(7-13(16)18)23-8-25(20,21)22/h3-7,9,19H,8H2,1-2H3,(H2,20,21,22). The average Bonchev–Trinajstić information content (AvgIpc) is 2.49. The molecule has 0 aliphatic heterocycles. The molecule has 2 rings (SSSR count). The van der Waals surface area contributed by atoms with Gasteiger partial charge in [-0.05, 0) is 80.9 Å². The lowest BCUT2D eigenvalue weighted by molar-refractivity contribution is 0.300. The molecule has 9 heteroatoms. The van der Waals surface area contributed by atoms with Crippen molar-refractivity contribution in [3.8, 4) is 23.0 Å². The molecule has 3 N–H and O–H groups in total. The molecule has 0 spiro atoms. The zero-order valence-electron chi connectivity index (χ0n) is 13.4. The first kappa shape index (κ1) is 20.8. The molecule has 136 valence electrons. The average molecular weight is 590 g/mol. The fourth-order valence-corrected chi connectivity index (χ4v) is 4.21. The van der Waals surface area contributed by atoms with Crippen LogP contribution in [0.25, 0.3) is 0 Å². The topological polar surface area (TPSA) is 96.2 Å². The van der Waals surface area contributed by atoms with Crippen molar-refractivity contribution >= 4 is 52.8 Å². The number of phenols is 1. The largest absolute Gasteiger partial charge is 0.504 e. The molecular weight excluding hydrogens is 573 g/mol. The van der Waals surface area contributed by atoms with E-state index in [1.165, 1.54) is 0 Å². The fraction of sp³-hybridized carbons (Fsp3) is 0.250. The molecule has 0 saturated carbocycles. The monoisotopic (exact) mass is 590 g/mol. The number of phenolic OH excluding ortho intramolecular Hbond substituents is 1. The minimum absolute atomic E-state index is 0.0552. The van der Waals surface area contributed by atoms with E-state index in [9.17, 15) is 9.67 Å². The van der Waals surface area contributed by atoms with Crippen LogP contribution in [0.5, 0.6) is 23.0 Å². The van der Waals surface area contributed by atoms with Crippen molar-refractivity contribution in [1.29, 1.82) is 0 Å². The van der Waals surface area contributed by atoms with Crippen molar-refractivity contribution in [1.82, 2.24) is 0 Å². The van der Waals surface area contributed by atoms with Crippen LogP contribution < -0.4 is 9.47 Å². The molecule has 0 radical (unpaired) electrons. The number of benzene rings is 2. The SMILES string of the molecule is CC(C)c1ccc(Oc2c(I)cc(OCP(=O)(O)O)cc2I)c(O)c1. The summed E-state index contributed by atoms with van der Waals surface area (Å²) in [6.07, 6.45) is -0.684. The van der Waals surface area contributed by atoms with Crippen LogP contribution in [0.4, 0.5) is 0 Å². The van der Waals surface area contributed by atoms with Crippen molar-refractivity contribution in [3.63, 3.8) is 0 Å². The van der Waals surface area contributed by atoms with Gasteiger partial charge in [0.2, 0.25) is 0 Å². The third-order valence-electron chi connectivity index (χ3n) is 3.23. The van der Waals surface area contributed by atoms with Crippen LogP contribution in [0.3, 0.4) is 0 Å². The molecule has 0 saturated heterocycles. The van der Waals surface area contributed by atoms with Gasteiger partial charge in [-0.15, -0.1) is 0 Å². The summed E-state index contributed by atoms with van der Waals surface area (Å²) in [6, 6.07) is 8.53. The van der Waals surface area contributed by atoms with E-state index in [2.05, 4.69) is 0 Å². The Labute approximate surface area is 173 Å². The molecule has 0 heterocycles. The van der Waals surface area contributed by atoms with E-state index < -0.39 is 13.9 Å². The Morgan fingerprint density at radius 1 is 1.12 bits per heavy atom. The lowest BCUT2D eigenvalue weighted by Crippen LogP contribution is -2.00. The van der Waals surface area contributed by atoms with Gasteiger partial charge in [0.15, 0.2) is 23.6 Å². The van der Waals surface area contributed by atoms with E-state index >= 15 is 0 Å². The van der Waals surface area contributed by atoms with Gasteiger partial charge in [-0.25, -0.2) is 0 Å². The summed E-state index contributed by atoms with van der Waals surface area (Å²) in [4.78, 5) is 17.8. The molecule has 2 aromatic carbocycles. The molecule has 0 atom stereocenters. The van der Waals surface area contributed by atoms with Gasteiger partial charge in [-0.1, -0.05) is 19.9 Å². The quantitative estimate of drug-likeness (QED) is 0.323. The molecule has 0 aliphatic rings. The third kappa shape index (κ3) is 5.99. The lowest BCUT2D eigenvalue weighted by atomic mass is 10.0. The van der Waals surface area contributed by atoms with Crippen molar-refractivity contribution in [2.75, 3.05) is 6.35 Å². The summed E-state index contributed by atoms with van der Waals surface area (Å²) < 4.78 is 23.3. The van der Waals surface area contributed by atoms with Gasteiger partial charge in [0.1, 0.15) is 5.75 Å². The van der Waals surface area contributed by atoms with Crippen LogP contribution in [-0.2, 0) is 4.57 Å². The first-order valence-corrected chi connectivity index (χ1v) is 11.2. The predicted octanol–water partition coefficient (Wildman–Crippen LogP) is 5.03. The molecule has 0 bridgehead atoms. The number of halogens is 2. The highest BCUT2D eigenvalue weighted by atomic mass is 127. The zero-order valence-corrected chi connectivity index (χ0v) is 18.7. The van der Waals surface area contributed by atoms with Crippen LogP contribution in [0.1, 0.15) is 25.3 Å². The van der Waals surface area contributed by atoms with Gasteiger partial charge in [0, 0.05) is 0 Å². The summed E-state index contributed by atoms with van der Waals surface area (Å²) in [5, 5.41) is 10.2. The number of aromatic hydroxyl groups is 1. The van der Waals surface area contributed by atoms with Crippen molar-refractivity contribution in [2.45, 2.75) is 19.8 Å². The molecule has 25 heavy (non-hydrogen) atoms. The highest BCUT2D eigenvalue weighted by Gasteiger charge is 2.17. The van der Waals surface area contributed by atoms with Crippen LogP contribution in [-0.4, -0.2) is 21.2 Å². The molecule has 6 nitrogen and oxygen atoms in total.